The van der Waals surface area contributed by atoms with E-state index < -0.39 is 17.3 Å². The highest BCUT2D eigenvalue weighted by Crippen LogP contribution is 2.44. The van der Waals surface area contributed by atoms with Gasteiger partial charge in [0.25, 0.3) is 5.91 Å². The fraction of sp³-hybridized carbons (Fsp3) is 0.362. The van der Waals surface area contributed by atoms with Gasteiger partial charge in [0.2, 0.25) is 0 Å². The van der Waals surface area contributed by atoms with Crippen LogP contribution in [-0.2, 0) is 24.8 Å². The molecule has 1 saturated heterocycles. The van der Waals surface area contributed by atoms with E-state index in [9.17, 15) is 18.8 Å². The molecule has 2 atom stereocenters. The highest BCUT2D eigenvalue weighted by atomic mass is 19.1. The molecule has 5 aromatic heterocycles. The number of aryl methyl sites for hydroxylation is 3. The lowest BCUT2D eigenvalue weighted by molar-refractivity contribution is -0.0511. The lowest BCUT2D eigenvalue weighted by Gasteiger charge is -2.29. The van der Waals surface area contributed by atoms with Crippen molar-refractivity contribution >= 4 is 27.7 Å². The van der Waals surface area contributed by atoms with Gasteiger partial charge in [0.1, 0.15) is 17.3 Å². The molecule has 0 unspecified atom stereocenters. The van der Waals surface area contributed by atoms with Gasteiger partial charge in [-0.25, -0.2) is 23.1 Å². The number of aromatic amines is 2. The Morgan fingerprint density at radius 3 is 2.36 bits per heavy atom. The fourth-order valence-electron chi connectivity index (χ4n) is 8.63. The van der Waals surface area contributed by atoms with Gasteiger partial charge in [0, 0.05) is 61.4 Å². The number of carbonyl (C=O) groups is 1. The molecule has 15 nitrogen and oxygen atoms in total. The van der Waals surface area contributed by atoms with E-state index in [1.165, 1.54) is 40.8 Å². The van der Waals surface area contributed by atoms with Gasteiger partial charge in [-0.05, 0) is 107 Å². The summed E-state index contributed by atoms with van der Waals surface area (Å²) in [4.78, 5) is 45.8. The predicted octanol–water partition coefficient (Wildman–Crippen LogP) is 7.73. The third-order valence-corrected chi connectivity index (χ3v) is 12.4. The SMILES string of the molecule is CC1(C)CCCCO1.C[C@H]1C[C@H]1c1noc(=O)[nH]1.Cc1cc(-n2nc3c(c2-n2ccn(-c4ccc5c(cnn5C)c4F)c2=O)CN(C(=O)c2cc4ccccc4[nH]2)CC3)cc(C)c1F. The molecule has 11 rings (SSSR count). The summed E-state index contributed by atoms with van der Waals surface area (Å²) in [6, 6.07) is 16.1. The number of benzene rings is 3. The third-order valence-electron chi connectivity index (χ3n) is 12.4. The van der Waals surface area contributed by atoms with Crippen molar-refractivity contribution in [2.75, 3.05) is 13.2 Å². The molecule has 2 N–H and O–H groups in total. The van der Waals surface area contributed by atoms with E-state index >= 15 is 4.39 Å². The van der Waals surface area contributed by atoms with Crippen molar-refractivity contribution in [1.29, 1.82) is 0 Å². The smallest absolute Gasteiger partial charge is 0.376 e. The average molecular weight is 873 g/mol. The molecule has 2 aliphatic heterocycles. The molecule has 1 saturated carbocycles. The van der Waals surface area contributed by atoms with Gasteiger partial charge < -0.3 is 14.6 Å². The van der Waals surface area contributed by atoms with Gasteiger partial charge in [0.05, 0.1) is 46.3 Å². The summed E-state index contributed by atoms with van der Waals surface area (Å²) < 4.78 is 46.0. The number of fused-ring (bicyclic) bond motifs is 3. The number of nitrogens with one attached hydrogen (secondary N) is 2. The molecule has 7 heterocycles. The Hall–Kier alpha value is -6.88. The first-order chi connectivity index (χ1) is 30.7. The maximum Gasteiger partial charge on any atom is 0.438 e. The third kappa shape index (κ3) is 8.11. The van der Waals surface area contributed by atoms with Crippen LogP contribution in [0, 0.1) is 31.4 Å². The van der Waals surface area contributed by atoms with Crippen LogP contribution in [0.15, 0.2) is 87.3 Å². The zero-order valence-electron chi connectivity index (χ0n) is 36.6. The molecule has 1 aliphatic carbocycles. The van der Waals surface area contributed by atoms with Crippen molar-refractivity contribution in [1.82, 2.24) is 48.7 Å². The lowest BCUT2D eigenvalue weighted by Crippen LogP contribution is -2.36. The molecule has 1 amide bonds. The Labute approximate surface area is 366 Å². The van der Waals surface area contributed by atoms with Gasteiger partial charge in [0.15, 0.2) is 11.6 Å². The van der Waals surface area contributed by atoms with E-state index in [1.807, 2.05) is 30.3 Å². The number of nitrogens with zero attached hydrogens (tertiary/aromatic N) is 8. The second-order valence-electron chi connectivity index (χ2n) is 17.6. The number of amides is 1. The van der Waals surface area contributed by atoms with Crippen LogP contribution in [-0.4, -0.2) is 73.4 Å². The molecule has 332 valence electrons. The van der Waals surface area contributed by atoms with Gasteiger partial charge in [-0.2, -0.15) is 10.2 Å². The Morgan fingerprint density at radius 2 is 1.70 bits per heavy atom. The maximum absolute atomic E-state index is 15.7. The summed E-state index contributed by atoms with van der Waals surface area (Å²) in [7, 11) is 1.72. The van der Waals surface area contributed by atoms with Crippen LogP contribution in [0.1, 0.15) is 91.1 Å². The second-order valence-corrected chi connectivity index (χ2v) is 17.6. The Morgan fingerprint density at radius 1 is 0.953 bits per heavy atom. The number of hydrogen-bond donors (Lipinski definition) is 2. The van der Waals surface area contributed by atoms with Crippen LogP contribution >= 0.6 is 0 Å². The average Bonchev–Trinajstić information content (AvgIpc) is 3.85. The van der Waals surface area contributed by atoms with Gasteiger partial charge >= 0.3 is 11.4 Å². The number of H-pyrrole nitrogens is 2. The molecule has 17 heteroatoms. The first-order valence-corrected chi connectivity index (χ1v) is 21.5. The Kier molecular flexibility index (Phi) is 11.1. The molecule has 0 radical (unpaired) electrons. The summed E-state index contributed by atoms with van der Waals surface area (Å²) in [5.74, 6) is 0.688. The molecule has 8 aromatic rings. The zero-order chi connectivity index (χ0) is 45.0. The number of aromatic nitrogens is 9. The van der Waals surface area contributed by atoms with Crippen molar-refractivity contribution in [2.45, 2.75) is 84.8 Å². The highest BCUT2D eigenvalue weighted by molar-refractivity contribution is 5.98. The molecular formula is C47H50F2N10O5. The number of hydrogen-bond acceptors (Lipinski definition) is 8. The highest BCUT2D eigenvalue weighted by Gasteiger charge is 2.37. The monoisotopic (exact) mass is 872 g/mol. The molecule has 0 spiro atoms. The second kappa shape index (κ2) is 16.7. The van der Waals surface area contributed by atoms with Crippen molar-refractivity contribution in [3.8, 4) is 17.2 Å². The molecule has 3 aromatic carbocycles. The van der Waals surface area contributed by atoms with Crippen LogP contribution in [0.5, 0.6) is 0 Å². The number of imidazole rings is 1. The zero-order valence-corrected chi connectivity index (χ0v) is 36.6. The quantitative estimate of drug-likeness (QED) is 0.177. The maximum atomic E-state index is 15.7. The van der Waals surface area contributed by atoms with Gasteiger partial charge in [-0.1, -0.05) is 30.3 Å². The van der Waals surface area contributed by atoms with E-state index in [4.69, 9.17) is 9.84 Å². The summed E-state index contributed by atoms with van der Waals surface area (Å²) in [6.45, 7) is 11.4. The van der Waals surface area contributed by atoms with Crippen LogP contribution in [0.25, 0.3) is 39.0 Å². The molecular weight excluding hydrogens is 823 g/mol. The predicted molar refractivity (Wildman–Crippen MR) is 236 cm³/mol. The van der Waals surface area contributed by atoms with Crippen LogP contribution < -0.4 is 11.4 Å². The van der Waals surface area contributed by atoms with E-state index in [2.05, 4.69) is 45.5 Å². The summed E-state index contributed by atoms with van der Waals surface area (Å²) in [6.07, 6.45) is 9.88. The van der Waals surface area contributed by atoms with E-state index in [1.54, 1.807) is 65.6 Å². The first kappa shape index (κ1) is 42.4. The molecule has 3 aliphatic rings. The van der Waals surface area contributed by atoms with Crippen molar-refractivity contribution < 1.29 is 22.8 Å². The Bertz CT molecular complexity index is 3100. The fourth-order valence-corrected chi connectivity index (χ4v) is 8.63. The minimum Gasteiger partial charge on any atom is -0.376 e. The van der Waals surface area contributed by atoms with Gasteiger partial charge in [-0.15, -0.1) is 0 Å². The number of para-hydroxylation sites is 1. The topological polar surface area (TPSA) is 167 Å². The van der Waals surface area contributed by atoms with E-state index in [-0.39, 0.29) is 29.6 Å². The first-order valence-electron chi connectivity index (χ1n) is 21.5. The summed E-state index contributed by atoms with van der Waals surface area (Å²) in [5, 5.41) is 13.8. The molecule has 64 heavy (non-hydrogen) atoms. The number of rotatable bonds is 5. The van der Waals surface area contributed by atoms with Crippen molar-refractivity contribution in [3.05, 3.63) is 140 Å². The summed E-state index contributed by atoms with van der Waals surface area (Å²) in [5.41, 5.74) is 4.49. The largest absolute Gasteiger partial charge is 0.438 e. The minimum atomic E-state index is -0.569. The van der Waals surface area contributed by atoms with E-state index in [0.29, 0.717) is 75.4 Å². The minimum absolute atomic E-state index is 0.0771. The van der Waals surface area contributed by atoms with Crippen LogP contribution in [0.2, 0.25) is 0 Å². The van der Waals surface area contributed by atoms with Crippen molar-refractivity contribution in [3.63, 3.8) is 0 Å². The van der Waals surface area contributed by atoms with Gasteiger partial charge in [-0.3, -0.25) is 28.1 Å². The molecule has 2 fully saturated rings. The van der Waals surface area contributed by atoms with Crippen LogP contribution in [0.4, 0.5) is 8.78 Å². The number of halogens is 2. The normalized spacial score (nSPS) is 17.7. The summed E-state index contributed by atoms with van der Waals surface area (Å²) >= 11 is 0. The van der Waals surface area contributed by atoms with Crippen LogP contribution in [0.3, 0.4) is 0 Å². The standard InChI is InChI=1S/C34H28F2N8O2.C7H14O.C6H8N2O2/c1-19-14-22(15-20(2)30(19)35)44-32(43-13-12-42(34(43)46)29-9-8-28-23(31(29)36)17-37-40(28)3)24-18-41(11-10-26(24)39-44)33(45)27-16-21-6-4-5-7-25(21)38-27;1-7(2)5-3-4-6-8-7;1-3-2-4(3)5-7-6(9)10-8-5/h4-9,12-17,38H,10-11,18H2,1-3H3;3-6H2,1-2H3;3-4H,2H2,1H3,(H,7,8,9)/t;;3-,4+/m..0/s1. The van der Waals surface area contributed by atoms with Crippen molar-refractivity contribution in [2.24, 2.45) is 13.0 Å². The number of ether oxygens (including phenoxy) is 1. The molecule has 0 bridgehead atoms. The Balaban J connectivity index is 0.000000237. The number of carbonyl (C=O) groups excluding carboxylic acids is 1. The van der Waals surface area contributed by atoms with E-state index in [0.717, 1.165) is 29.6 Å². The lowest BCUT2D eigenvalue weighted by atomic mass is 9.99.